The third-order valence-electron chi connectivity index (χ3n) is 6.17. The fourth-order valence-corrected chi connectivity index (χ4v) is 6.45. The zero-order chi connectivity index (χ0) is 27.1. The number of rotatable bonds is 5. The molecule has 5 heteroatoms. The summed E-state index contributed by atoms with van der Waals surface area (Å²) in [5, 5.41) is 0.868. The van der Waals surface area contributed by atoms with Crippen LogP contribution in [-0.4, -0.2) is 14.8 Å². The fourth-order valence-electron chi connectivity index (χ4n) is 4.12. The van der Waals surface area contributed by atoms with E-state index in [-0.39, 0.29) is 21.7 Å². The Hall–Kier alpha value is -0.468. The summed E-state index contributed by atoms with van der Waals surface area (Å²) in [7, 11) is 0. The highest BCUT2D eigenvalue weighted by molar-refractivity contribution is 9.10. The van der Waals surface area contributed by atoms with Crippen molar-refractivity contribution in [2.75, 3.05) is 0 Å². The van der Waals surface area contributed by atoms with Gasteiger partial charge in [0.15, 0.2) is 0 Å². The molecule has 0 fully saturated rings. The fraction of sp³-hybridized carbons (Fsp3) is 0.600. The zero-order valence-corrected chi connectivity index (χ0v) is 28.5. The van der Waals surface area contributed by atoms with Gasteiger partial charge in [-0.2, -0.15) is 0 Å². The van der Waals surface area contributed by atoms with E-state index in [1.165, 1.54) is 22.3 Å². The Morgan fingerprint density at radius 2 is 0.771 bits per heavy atom. The second kappa shape index (κ2) is 10.7. The van der Waals surface area contributed by atoms with Crippen LogP contribution < -0.4 is 7.58 Å². The smallest absolute Gasteiger partial charge is 0.611 e. The molecule has 0 aromatic heterocycles. The summed E-state index contributed by atoms with van der Waals surface area (Å²) in [5.74, 6) is 2.00. The first-order chi connectivity index (χ1) is 15.7. The van der Waals surface area contributed by atoms with Crippen LogP contribution in [0.25, 0.3) is 0 Å². The largest absolute Gasteiger partial charge is 0.856 e. The van der Waals surface area contributed by atoms with Crippen molar-refractivity contribution in [2.24, 2.45) is 0 Å². The van der Waals surface area contributed by atoms with Crippen LogP contribution in [0.4, 0.5) is 0 Å². The second-order valence-corrected chi connectivity index (χ2v) is 17.7. The van der Waals surface area contributed by atoms with Crippen molar-refractivity contribution >= 4 is 46.7 Å². The normalized spacial score (nSPS) is 13.1. The van der Waals surface area contributed by atoms with Gasteiger partial charge < -0.3 is 7.58 Å². The van der Waals surface area contributed by atoms with Crippen molar-refractivity contribution < 1.29 is 7.58 Å². The van der Waals surface area contributed by atoms with Gasteiger partial charge in [0.05, 0.1) is 11.5 Å². The van der Waals surface area contributed by atoms with E-state index in [4.69, 9.17) is 7.58 Å². The van der Waals surface area contributed by atoms with Gasteiger partial charge in [-0.05, 0) is 73.5 Å². The van der Waals surface area contributed by atoms with Crippen LogP contribution in [0.2, 0.25) is 5.28 Å². The number of hydrogen-bond acceptors (Lipinski definition) is 2. The molecule has 0 N–H and O–H groups in total. The molecule has 0 aliphatic carbocycles. The molecule has 2 rings (SSSR count). The van der Waals surface area contributed by atoms with Crippen molar-refractivity contribution in [2.45, 2.75) is 117 Å². The van der Waals surface area contributed by atoms with Gasteiger partial charge in [-0.15, -0.1) is 0 Å². The topological polar surface area (TPSA) is 18.5 Å². The summed E-state index contributed by atoms with van der Waals surface area (Å²) in [6.45, 7) is 29.2. The van der Waals surface area contributed by atoms with E-state index in [1.807, 2.05) is 0 Å². The third kappa shape index (κ3) is 7.76. The molecule has 0 bridgehead atoms. The van der Waals surface area contributed by atoms with Crippen molar-refractivity contribution in [3.05, 3.63) is 55.5 Å². The molecule has 0 aliphatic rings. The second-order valence-electron chi connectivity index (χ2n) is 13.7. The van der Waals surface area contributed by atoms with Gasteiger partial charge >= 0.3 is 14.8 Å². The maximum atomic E-state index is 6.99. The molecule has 0 spiro atoms. The molecule has 0 amide bonds. The van der Waals surface area contributed by atoms with Gasteiger partial charge in [0.25, 0.3) is 0 Å². The van der Waals surface area contributed by atoms with Crippen LogP contribution in [0.5, 0.6) is 11.5 Å². The quantitative estimate of drug-likeness (QED) is 0.308. The lowest BCUT2D eigenvalue weighted by Crippen LogP contribution is -2.34. The summed E-state index contributed by atoms with van der Waals surface area (Å²) in [4.78, 5) is 0. The van der Waals surface area contributed by atoms with Gasteiger partial charge in [0, 0.05) is 8.95 Å². The van der Waals surface area contributed by atoms with Gasteiger partial charge in [-0.1, -0.05) is 122 Å². The SMILES string of the molecule is C[CH2][Al]([O]c1c(C(C)(C)C)cc(Br)cc1C(C)(C)C)[O]c1c(C(C)(C)C)cc(Br)cc1C(C)(C)C. The molecule has 0 aliphatic heterocycles. The standard InChI is InChI=1S/2C14H21BrO.C2H5.Al/c2*1-13(2,3)10-7-9(15)8-11(12(10)16)14(4,5)6;1-2;/h2*7-8,16H,1-6H3;1H2,2H3;/q;;;+2/p-2. The van der Waals surface area contributed by atoms with Crippen molar-refractivity contribution in [3.8, 4) is 11.5 Å². The average molecular weight is 624 g/mol. The molecule has 2 nitrogen and oxygen atoms in total. The summed E-state index contributed by atoms with van der Waals surface area (Å²) in [5.41, 5.74) is 4.63. The predicted molar refractivity (Wildman–Crippen MR) is 161 cm³/mol. The highest BCUT2D eigenvalue weighted by Gasteiger charge is 2.38. The van der Waals surface area contributed by atoms with Crippen LogP contribution in [0.3, 0.4) is 0 Å². The molecule has 2 aromatic rings. The lowest BCUT2D eigenvalue weighted by atomic mass is 9.79. The van der Waals surface area contributed by atoms with Crippen LogP contribution in [0.1, 0.15) is 112 Å². The van der Waals surface area contributed by atoms with E-state index in [9.17, 15) is 0 Å². The maximum Gasteiger partial charge on any atom is 0.856 e. The summed E-state index contributed by atoms with van der Waals surface area (Å²) >= 11 is 5.39. The molecule has 0 unspecified atom stereocenters. The van der Waals surface area contributed by atoms with E-state index in [0.29, 0.717) is 0 Å². The van der Waals surface area contributed by atoms with E-state index in [1.54, 1.807) is 0 Å². The molecule has 194 valence electrons. The molecule has 35 heavy (non-hydrogen) atoms. The maximum absolute atomic E-state index is 6.99. The first-order valence-corrected chi connectivity index (χ1v) is 16.0. The number of hydrogen-bond donors (Lipinski definition) is 0. The molecule has 0 radical (unpaired) electrons. The predicted octanol–water partition coefficient (Wildman–Crippen LogP) is 10.4. The Kier molecular flexibility index (Phi) is 9.42. The lowest BCUT2D eigenvalue weighted by molar-refractivity contribution is 0.387. The van der Waals surface area contributed by atoms with Gasteiger partial charge in [0.2, 0.25) is 0 Å². The van der Waals surface area contributed by atoms with Crippen LogP contribution in [0, 0.1) is 0 Å². The van der Waals surface area contributed by atoms with Crippen LogP contribution in [-0.2, 0) is 21.7 Å². The number of halogens is 2. The van der Waals surface area contributed by atoms with Crippen LogP contribution >= 0.6 is 31.9 Å². The minimum atomic E-state index is -2.13. The molecule has 0 saturated heterocycles. The van der Waals surface area contributed by atoms with Gasteiger partial charge in [0.1, 0.15) is 0 Å². The number of benzene rings is 2. The van der Waals surface area contributed by atoms with Crippen molar-refractivity contribution in [1.82, 2.24) is 0 Å². The van der Waals surface area contributed by atoms with Gasteiger partial charge in [-0.25, -0.2) is 0 Å². The highest BCUT2D eigenvalue weighted by Crippen LogP contribution is 2.44. The summed E-state index contributed by atoms with van der Waals surface area (Å²) in [6, 6.07) is 8.86. The van der Waals surface area contributed by atoms with E-state index >= 15 is 0 Å². The van der Waals surface area contributed by atoms with E-state index < -0.39 is 14.8 Å². The molecular weight excluding hydrogens is 579 g/mol. The average Bonchev–Trinajstić information content (AvgIpc) is 2.65. The minimum absolute atomic E-state index is 0.0590. The molecule has 0 atom stereocenters. The zero-order valence-electron chi connectivity index (χ0n) is 24.2. The van der Waals surface area contributed by atoms with Crippen molar-refractivity contribution in [1.29, 1.82) is 0 Å². The summed E-state index contributed by atoms with van der Waals surface area (Å²) < 4.78 is 16.2. The first kappa shape index (κ1) is 30.8. The Labute approximate surface area is 236 Å². The molecule has 0 saturated carbocycles. The Bertz CT molecular complexity index is 894. The highest BCUT2D eigenvalue weighted by atomic mass is 79.9. The van der Waals surface area contributed by atoms with E-state index in [2.05, 4.69) is 146 Å². The lowest BCUT2D eigenvalue weighted by Gasteiger charge is -2.34. The summed E-state index contributed by atoms with van der Waals surface area (Å²) in [6.07, 6.45) is 0. The molecule has 0 heterocycles. The Morgan fingerprint density at radius 1 is 0.543 bits per heavy atom. The van der Waals surface area contributed by atoms with Gasteiger partial charge in [-0.3, -0.25) is 0 Å². The molecule has 2 aromatic carbocycles. The molecular formula is C30H45AlBr2O2. The Balaban J connectivity index is 2.72. The monoisotopic (exact) mass is 622 g/mol. The third-order valence-corrected chi connectivity index (χ3v) is 8.75. The van der Waals surface area contributed by atoms with Crippen molar-refractivity contribution in [3.63, 3.8) is 0 Å². The first-order valence-electron chi connectivity index (χ1n) is 12.7. The minimum Gasteiger partial charge on any atom is -0.611 e. The van der Waals surface area contributed by atoms with Crippen LogP contribution in [0.15, 0.2) is 33.2 Å². The van der Waals surface area contributed by atoms with E-state index in [0.717, 1.165) is 25.7 Å². The Morgan fingerprint density at radius 3 is 0.943 bits per heavy atom.